The van der Waals surface area contributed by atoms with E-state index in [9.17, 15) is 9.90 Å². The number of rotatable bonds is 8. The maximum absolute atomic E-state index is 11.8. The second-order valence-corrected chi connectivity index (χ2v) is 7.60. The molecule has 6 heteroatoms. The summed E-state index contributed by atoms with van der Waals surface area (Å²) in [5.41, 5.74) is 1.24. The van der Waals surface area contributed by atoms with Crippen LogP contribution in [0.5, 0.6) is 0 Å². The topological polar surface area (TPSA) is 58.9 Å². The van der Waals surface area contributed by atoms with E-state index in [0.29, 0.717) is 5.70 Å². The highest BCUT2D eigenvalue weighted by atomic mass is 35.5. The van der Waals surface area contributed by atoms with Crippen molar-refractivity contribution in [1.82, 2.24) is 0 Å². The number of allylic oxidation sites excluding steroid dienone is 2. The molecule has 0 heterocycles. The van der Waals surface area contributed by atoms with E-state index < -0.39 is 16.8 Å². The highest BCUT2D eigenvalue weighted by molar-refractivity contribution is 8.12. The van der Waals surface area contributed by atoms with Crippen molar-refractivity contribution in [2.45, 2.75) is 58.0 Å². The summed E-state index contributed by atoms with van der Waals surface area (Å²) < 4.78 is 5.74. The SMILES string of the molecule is CCC(OC(C)C)SC=NC1=CC(C(=O)O)(C(C)C)C(Cl)C=C1. The van der Waals surface area contributed by atoms with Crippen molar-refractivity contribution in [2.75, 3.05) is 0 Å². The Morgan fingerprint density at radius 2 is 2.17 bits per heavy atom. The number of carbonyl (C=O) groups is 1. The van der Waals surface area contributed by atoms with E-state index in [0.717, 1.165) is 6.42 Å². The first-order valence-electron chi connectivity index (χ1n) is 7.86. The number of carboxylic acids is 1. The second kappa shape index (κ2) is 8.90. The van der Waals surface area contributed by atoms with Gasteiger partial charge in [-0.05, 0) is 38.3 Å². The van der Waals surface area contributed by atoms with Crippen molar-refractivity contribution >= 4 is 34.9 Å². The minimum absolute atomic E-state index is 0.0435. The largest absolute Gasteiger partial charge is 0.481 e. The molecule has 3 unspecified atom stereocenters. The zero-order chi connectivity index (χ0) is 17.6. The van der Waals surface area contributed by atoms with Gasteiger partial charge >= 0.3 is 5.97 Å². The van der Waals surface area contributed by atoms with E-state index in [2.05, 4.69) is 11.9 Å². The summed E-state index contributed by atoms with van der Waals surface area (Å²) in [6.07, 6.45) is 6.17. The van der Waals surface area contributed by atoms with Crippen LogP contribution in [0.25, 0.3) is 0 Å². The van der Waals surface area contributed by atoms with Crippen LogP contribution < -0.4 is 0 Å². The van der Waals surface area contributed by atoms with Gasteiger partial charge in [0.25, 0.3) is 0 Å². The van der Waals surface area contributed by atoms with Crippen molar-refractivity contribution in [1.29, 1.82) is 0 Å². The van der Waals surface area contributed by atoms with Gasteiger partial charge in [0, 0.05) is 0 Å². The molecule has 1 aliphatic rings. The number of thioether (sulfide) groups is 1. The Morgan fingerprint density at radius 1 is 1.52 bits per heavy atom. The van der Waals surface area contributed by atoms with E-state index in [1.165, 1.54) is 11.8 Å². The lowest BCUT2D eigenvalue weighted by Gasteiger charge is -2.35. The molecule has 0 fully saturated rings. The third-order valence-corrected chi connectivity index (χ3v) is 5.26. The van der Waals surface area contributed by atoms with Crippen molar-refractivity contribution in [2.24, 2.45) is 16.3 Å². The van der Waals surface area contributed by atoms with Crippen molar-refractivity contribution in [3.8, 4) is 0 Å². The van der Waals surface area contributed by atoms with Crippen molar-refractivity contribution in [3.63, 3.8) is 0 Å². The summed E-state index contributed by atoms with van der Waals surface area (Å²) in [5, 5.41) is 9.07. The Labute approximate surface area is 148 Å². The van der Waals surface area contributed by atoms with Crippen LogP contribution in [0, 0.1) is 11.3 Å². The Bertz CT molecular complexity index is 502. The van der Waals surface area contributed by atoms with Gasteiger partial charge in [-0.15, -0.1) is 11.6 Å². The van der Waals surface area contributed by atoms with Crippen LogP contribution in [-0.4, -0.2) is 33.5 Å². The molecule has 0 saturated carbocycles. The number of alkyl halides is 1. The van der Waals surface area contributed by atoms with Crippen LogP contribution in [0.2, 0.25) is 0 Å². The van der Waals surface area contributed by atoms with E-state index in [1.54, 1.807) is 23.8 Å². The summed E-state index contributed by atoms with van der Waals surface area (Å²) in [6, 6.07) is 0. The predicted molar refractivity (Wildman–Crippen MR) is 98.2 cm³/mol. The first-order chi connectivity index (χ1) is 10.7. The summed E-state index contributed by atoms with van der Waals surface area (Å²) >= 11 is 7.76. The number of hydrogen-bond donors (Lipinski definition) is 1. The lowest BCUT2D eigenvalue weighted by atomic mass is 9.71. The maximum atomic E-state index is 11.8. The van der Waals surface area contributed by atoms with Gasteiger partial charge in [0.1, 0.15) is 10.9 Å². The summed E-state index contributed by atoms with van der Waals surface area (Å²) in [6.45, 7) is 9.77. The van der Waals surface area contributed by atoms with Crippen molar-refractivity contribution in [3.05, 3.63) is 23.9 Å². The molecule has 130 valence electrons. The Hall–Kier alpha value is -0.780. The molecule has 0 aromatic heterocycles. The quantitative estimate of drug-likeness (QED) is 0.295. The van der Waals surface area contributed by atoms with Gasteiger partial charge in [-0.2, -0.15) is 0 Å². The van der Waals surface area contributed by atoms with Gasteiger partial charge in [0.05, 0.1) is 22.7 Å². The fourth-order valence-electron chi connectivity index (χ4n) is 2.39. The molecule has 0 aromatic rings. The number of nitrogens with zero attached hydrogens (tertiary/aromatic N) is 1. The monoisotopic (exact) mass is 359 g/mol. The molecule has 0 aliphatic heterocycles. The van der Waals surface area contributed by atoms with Crippen LogP contribution in [0.15, 0.2) is 28.9 Å². The number of carboxylic acid groups (broad SMARTS) is 1. The Morgan fingerprint density at radius 3 is 2.65 bits per heavy atom. The molecule has 0 aromatic carbocycles. The Kier molecular flexibility index (Phi) is 7.84. The molecule has 4 nitrogen and oxygen atoms in total. The van der Waals surface area contributed by atoms with Gasteiger partial charge in [-0.3, -0.25) is 9.79 Å². The average Bonchev–Trinajstić information content (AvgIpc) is 2.46. The molecular formula is C17H26ClNO3S. The minimum atomic E-state index is -1.13. The average molecular weight is 360 g/mol. The van der Waals surface area contributed by atoms with Gasteiger partial charge in [0.15, 0.2) is 0 Å². The lowest BCUT2D eigenvalue weighted by Crippen LogP contribution is -2.43. The van der Waals surface area contributed by atoms with Gasteiger partial charge in [0.2, 0.25) is 0 Å². The highest BCUT2D eigenvalue weighted by Gasteiger charge is 2.46. The standard InChI is InChI=1S/C17H26ClNO3S/c1-6-15(22-12(4)5)23-10-19-13-7-8-14(18)17(9-13,11(2)3)16(20)21/h7-12,14-15H,6H2,1-5H3,(H,20,21). The maximum Gasteiger partial charge on any atom is 0.315 e. The van der Waals surface area contributed by atoms with Crippen LogP contribution in [0.1, 0.15) is 41.0 Å². The molecule has 23 heavy (non-hydrogen) atoms. The first-order valence-corrected chi connectivity index (χ1v) is 9.23. The highest BCUT2D eigenvalue weighted by Crippen LogP contribution is 2.41. The summed E-state index contributed by atoms with van der Waals surface area (Å²) in [7, 11) is 0. The van der Waals surface area contributed by atoms with Crippen LogP contribution in [0.4, 0.5) is 0 Å². The number of aliphatic imine (C=N–C) groups is 1. The third-order valence-electron chi connectivity index (χ3n) is 3.78. The van der Waals surface area contributed by atoms with Gasteiger partial charge in [-0.1, -0.05) is 38.6 Å². The fraction of sp³-hybridized carbons (Fsp3) is 0.647. The molecular weight excluding hydrogens is 334 g/mol. The molecule has 1 aliphatic carbocycles. The Balaban J connectivity index is 2.89. The summed E-state index contributed by atoms with van der Waals surface area (Å²) in [5.74, 6) is -1.07. The zero-order valence-corrected chi connectivity index (χ0v) is 15.9. The van der Waals surface area contributed by atoms with Crippen LogP contribution in [0.3, 0.4) is 0 Å². The molecule has 3 atom stereocenters. The minimum Gasteiger partial charge on any atom is -0.481 e. The number of aliphatic carboxylic acids is 1. The summed E-state index contributed by atoms with van der Waals surface area (Å²) in [4.78, 5) is 16.2. The zero-order valence-electron chi connectivity index (χ0n) is 14.3. The van der Waals surface area contributed by atoms with Crippen LogP contribution >= 0.6 is 23.4 Å². The predicted octanol–water partition coefficient (Wildman–Crippen LogP) is 4.70. The molecule has 0 spiro atoms. The molecule has 0 saturated heterocycles. The lowest BCUT2D eigenvalue weighted by molar-refractivity contribution is -0.148. The van der Waals surface area contributed by atoms with E-state index in [-0.39, 0.29) is 17.5 Å². The van der Waals surface area contributed by atoms with Crippen LogP contribution in [-0.2, 0) is 9.53 Å². The van der Waals surface area contributed by atoms with Gasteiger partial charge < -0.3 is 9.84 Å². The molecule has 1 N–H and O–H groups in total. The number of ether oxygens (including phenoxy) is 1. The normalized spacial score (nSPS) is 26.1. The smallest absolute Gasteiger partial charge is 0.315 e. The third kappa shape index (κ3) is 5.10. The van der Waals surface area contributed by atoms with E-state index >= 15 is 0 Å². The fourth-order valence-corrected chi connectivity index (χ4v) is 3.67. The molecule has 1 rings (SSSR count). The number of hydrogen-bond acceptors (Lipinski definition) is 4. The molecule has 0 amide bonds. The van der Waals surface area contributed by atoms with Gasteiger partial charge in [-0.25, -0.2) is 0 Å². The molecule has 0 bridgehead atoms. The first kappa shape index (κ1) is 20.3. The van der Waals surface area contributed by atoms with E-state index in [4.69, 9.17) is 16.3 Å². The molecule has 0 radical (unpaired) electrons. The number of halogens is 1. The second-order valence-electron chi connectivity index (χ2n) is 6.12. The van der Waals surface area contributed by atoms with E-state index in [1.807, 2.05) is 27.7 Å². The van der Waals surface area contributed by atoms with Crippen molar-refractivity contribution < 1.29 is 14.6 Å².